The number of nitrogens with zero attached hydrogens (tertiary/aromatic N) is 4. The Balaban J connectivity index is 1.12. The van der Waals surface area contributed by atoms with E-state index in [1.807, 2.05) is 23.6 Å². The van der Waals surface area contributed by atoms with Crippen LogP contribution in [-0.4, -0.2) is 53.7 Å². The molecule has 8 nitrogen and oxygen atoms in total. The van der Waals surface area contributed by atoms with Gasteiger partial charge < -0.3 is 19.7 Å². The second-order valence-corrected chi connectivity index (χ2v) is 8.35. The van der Waals surface area contributed by atoms with E-state index in [1.54, 1.807) is 12.4 Å². The highest BCUT2D eigenvalue weighted by Crippen LogP contribution is 2.33. The summed E-state index contributed by atoms with van der Waals surface area (Å²) in [5.41, 5.74) is 2.65. The van der Waals surface area contributed by atoms with Gasteiger partial charge in [0.1, 0.15) is 5.69 Å². The average Bonchev–Trinajstić information content (AvgIpc) is 3.48. The lowest BCUT2D eigenvalue weighted by atomic mass is 10.1. The van der Waals surface area contributed by atoms with E-state index in [9.17, 15) is 4.79 Å². The molecular formula is C22H23N5O3S. The Hall–Kier alpha value is -3.17. The number of nitrogens with one attached hydrogen (secondary N) is 1. The maximum atomic E-state index is 12.4. The van der Waals surface area contributed by atoms with Crippen LogP contribution < -0.4 is 19.7 Å². The number of benzene rings is 1. The number of thiazole rings is 1. The van der Waals surface area contributed by atoms with Crippen LogP contribution in [0.2, 0.25) is 0 Å². The van der Waals surface area contributed by atoms with E-state index in [2.05, 4.69) is 37.2 Å². The smallest absolute Gasteiger partial charge is 0.271 e. The number of fused-ring (bicyclic) bond motifs is 1. The summed E-state index contributed by atoms with van der Waals surface area (Å²) < 4.78 is 10.9. The maximum absolute atomic E-state index is 12.4. The molecule has 0 bridgehead atoms. The van der Waals surface area contributed by atoms with Gasteiger partial charge in [0, 0.05) is 57.0 Å². The number of anilines is 1. The molecule has 4 heterocycles. The van der Waals surface area contributed by atoms with Crippen LogP contribution >= 0.6 is 11.3 Å². The Bertz CT molecular complexity index is 1050. The summed E-state index contributed by atoms with van der Waals surface area (Å²) >= 11 is 1.52. The molecule has 1 saturated heterocycles. The van der Waals surface area contributed by atoms with Crippen LogP contribution in [0, 0.1) is 0 Å². The van der Waals surface area contributed by atoms with Crippen molar-refractivity contribution in [2.75, 3.05) is 37.9 Å². The topological polar surface area (TPSA) is 79.8 Å². The monoisotopic (exact) mass is 437 g/mol. The summed E-state index contributed by atoms with van der Waals surface area (Å²) in [6.45, 7) is 5.27. The maximum Gasteiger partial charge on any atom is 0.271 e. The summed E-state index contributed by atoms with van der Waals surface area (Å²) in [6, 6.07) is 9.92. The highest BCUT2D eigenvalue weighted by atomic mass is 32.1. The SMILES string of the molecule is O=C(NCc1cccnc1)c1csc(N2CCN(Cc3ccc4c(c3)OCO4)CC2)n1. The zero-order valence-electron chi connectivity index (χ0n) is 17.0. The molecule has 5 rings (SSSR count). The highest BCUT2D eigenvalue weighted by Gasteiger charge is 2.22. The molecule has 2 aliphatic heterocycles. The third-order valence-corrected chi connectivity index (χ3v) is 6.29. The molecule has 160 valence electrons. The van der Waals surface area contributed by atoms with E-state index >= 15 is 0 Å². The van der Waals surface area contributed by atoms with Gasteiger partial charge in [-0.2, -0.15) is 0 Å². The first kappa shape index (κ1) is 19.8. The van der Waals surface area contributed by atoms with Gasteiger partial charge in [0.2, 0.25) is 6.79 Å². The lowest BCUT2D eigenvalue weighted by Crippen LogP contribution is -2.46. The lowest BCUT2D eigenvalue weighted by Gasteiger charge is -2.34. The van der Waals surface area contributed by atoms with E-state index in [-0.39, 0.29) is 5.91 Å². The van der Waals surface area contributed by atoms with E-state index in [0.717, 1.165) is 54.9 Å². The fourth-order valence-electron chi connectivity index (χ4n) is 3.68. The van der Waals surface area contributed by atoms with Gasteiger partial charge in [0.15, 0.2) is 16.6 Å². The summed E-state index contributed by atoms with van der Waals surface area (Å²) in [7, 11) is 0. The molecule has 2 aromatic heterocycles. The molecule has 0 unspecified atom stereocenters. The van der Waals surface area contributed by atoms with Crippen molar-refractivity contribution in [3.05, 3.63) is 64.9 Å². The van der Waals surface area contributed by atoms with Crippen molar-refractivity contribution in [2.24, 2.45) is 0 Å². The fourth-order valence-corrected chi connectivity index (χ4v) is 4.54. The van der Waals surface area contributed by atoms with Crippen molar-refractivity contribution < 1.29 is 14.3 Å². The van der Waals surface area contributed by atoms with Crippen LogP contribution in [0.15, 0.2) is 48.1 Å². The first-order chi connectivity index (χ1) is 15.2. The van der Waals surface area contributed by atoms with Gasteiger partial charge in [-0.05, 0) is 29.3 Å². The molecule has 1 N–H and O–H groups in total. The van der Waals surface area contributed by atoms with Crippen LogP contribution in [0.5, 0.6) is 11.5 Å². The standard InChI is InChI=1S/C22H23N5O3S/c28-21(24-12-17-2-1-5-23-11-17)18-14-31-22(25-18)27-8-6-26(7-9-27)13-16-3-4-19-20(10-16)30-15-29-19/h1-5,10-11,14H,6-9,12-13,15H2,(H,24,28). The molecule has 1 aromatic carbocycles. The number of piperazine rings is 1. The number of rotatable bonds is 6. The predicted octanol–water partition coefficient (Wildman–Crippen LogP) is 2.52. The molecule has 0 spiro atoms. The third-order valence-electron chi connectivity index (χ3n) is 5.39. The average molecular weight is 438 g/mol. The molecule has 2 aliphatic rings. The minimum Gasteiger partial charge on any atom is -0.454 e. The Morgan fingerprint density at radius 2 is 1.97 bits per heavy atom. The summed E-state index contributed by atoms with van der Waals surface area (Å²) in [4.78, 5) is 25.7. The van der Waals surface area contributed by atoms with Gasteiger partial charge in [0.05, 0.1) is 0 Å². The summed E-state index contributed by atoms with van der Waals surface area (Å²) in [5.74, 6) is 1.48. The van der Waals surface area contributed by atoms with Crippen LogP contribution in [-0.2, 0) is 13.1 Å². The van der Waals surface area contributed by atoms with Crippen LogP contribution in [0.4, 0.5) is 5.13 Å². The largest absolute Gasteiger partial charge is 0.454 e. The van der Waals surface area contributed by atoms with Crippen LogP contribution in [0.3, 0.4) is 0 Å². The van der Waals surface area contributed by atoms with Gasteiger partial charge >= 0.3 is 0 Å². The number of ether oxygens (including phenoxy) is 2. The van der Waals surface area contributed by atoms with E-state index in [0.29, 0.717) is 19.0 Å². The van der Waals surface area contributed by atoms with Gasteiger partial charge in [-0.1, -0.05) is 12.1 Å². The molecule has 0 radical (unpaired) electrons. The normalized spacial score (nSPS) is 15.8. The second-order valence-electron chi connectivity index (χ2n) is 7.51. The second kappa shape index (κ2) is 8.91. The van der Waals surface area contributed by atoms with Crippen molar-refractivity contribution >= 4 is 22.4 Å². The zero-order valence-corrected chi connectivity index (χ0v) is 17.8. The molecule has 0 aliphatic carbocycles. The molecule has 1 fully saturated rings. The van der Waals surface area contributed by atoms with Gasteiger partial charge in [-0.25, -0.2) is 4.98 Å². The van der Waals surface area contributed by atoms with E-state index in [4.69, 9.17) is 9.47 Å². The Labute approximate surface area is 184 Å². The Morgan fingerprint density at radius 1 is 1.10 bits per heavy atom. The zero-order chi connectivity index (χ0) is 21.0. The number of aromatic nitrogens is 2. The number of pyridine rings is 1. The molecule has 1 amide bonds. The minimum atomic E-state index is -0.159. The van der Waals surface area contributed by atoms with Gasteiger partial charge in [-0.15, -0.1) is 11.3 Å². The number of hydrogen-bond acceptors (Lipinski definition) is 8. The Morgan fingerprint density at radius 3 is 2.81 bits per heavy atom. The number of hydrogen-bond donors (Lipinski definition) is 1. The number of amides is 1. The summed E-state index contributed by atoms with van der Waals surface area (Å²) in [6.07, 6.45) is 3.46. The number of carbonyl (C=O) groups excluding carboxylic acids is 1. The minimum absolute atomic E-state index is 0.159. The highest BCUT2D eigenvalue weighted by molar-refractivity contribution is 7.13. The molecule has 31 heavy (non-hydrogen) atoms. The van der Waals surface area contributed by atoms with Crippen molar-refractivity contribution in [1.29, 1.82) is 0 Å². The molecule has 9 heteroatoms. The van der Waals surface area contributed by atoms with Crippen LogP contribution in [0.25, 0.3) is 0 Å². The molecular weight excluding hydrogens is 414 g/mol. The first-order valence-electron chi connectivity index (χ1n) is 10.2. The van der Waals surface area contributed by atoms with Gasteiger partial charge in [-0.3, -0.25) is 14.7 Å². The first-order valence-corrected chi connectivity index (χ1v) is 11.1. The van der Waals surface area contributed by atoms with Crippen molar-refractivity contribution in [2.45, 2.75) is 13.1 Å². The van der Waals surface area contributed by atoms with Crippen molar-refractivity contribution in [3.8, 4) is 11.5 Å². The van der Waals surface area contributed by atoms with Crippen molar-refractivity contribution in [3.63, 3.8) is 0 Å². The Kier molecular flexibility index (Phi) is 5.68. The van der Waals surface area contributed by atoms with Gasteiger partial charge in [0.25, 0.3) is 5.91 Å². The summed E-state index contributed by atoms with van der Waals surface area (Å²) in [5, 5.41) is 5.63. The van der Waals surface area contributed by atoms with Crippen LogP contribution in [0.1, 0.15) is 21.6 Å². The quantitative estimate of drug-likeness (QED) is 0.635. The predicted molar refractivity (Wildman–Crippen MR) is 118 cm³/mol. The molecule has 0 saturated carbocycles. The van der Waals surface area contributed by atoms with Crippen molar-refractivity contribution in [1.82, 2.24) is 20.2 Å². The molecule has 3 aromatic rings. The molecule has 0 atom stereocenters. The fraction of sp³-hybridized carbons (Fsp3) is 0.318. The van der Waals surface area contributed by atoms with E-state index in [1.165, 1.54) is 16.9 Å². The third kappa shape index (κ3) is 4.62. The lowest BCUT2D eigenvalue weighted by molar-refractivity contribution is 0.0946. The van der Waals surface area contributed by atoms with E-state index < -0.39 is 0 Å². The number of carbonyl (C=O) groups is 1.